The Morgan fingerprint density at radius 2 is 0.895 bits per heavy atom. The van der Waals surface area contributed by atoms with E-state index < -0.39 is 156 Å². The van der Waals surface area contributed by atoms with Crippen molar-refractivity contribution in [1.29, 1.82) is 0 Å². The first-order chi connectivity index (χ1) is 39.7. The van der Waals surface area contributed by atoms with E-state index in [1.54, 1.807) is 59.8 Å². The number of likely N-dealkylation sites (N-methyl/N-ethyl adjacent to an activating group) is 7. The van der Waals surface area contributed by atoms with E-state index in [2.05, 4.69) is 27.8 Å². The van der Waals surface area contributed by atoms with E-state index in [4.69, 9.17) is 0 Å². The molecule has 86 heavy (non-hydrogen) atoms. The number of nitrogens with zero attached hydrogens (tertiary/aromatic N) is 7. The molecular formula is C63H111N11O12. The van der Waals surface area contributed by atoms with Gasteiger partial charge in [0.05, 0.1) is 12.6 Å². The predicted molar refractivity (Wildman–Crippen MR) is 333 cm³/mol. The van der Waals surface area contributed by atoms with E-state index in [1.807, 2.05) is 55.4 Å². The fourth-order valence-electron chi connectivity index (χ4n) is 10.7. The van der Waals surface area contributed by atoms with Crippen molar-refractivity contribution < 1.29 is 57.8 Å². The highest BCUT2D eigenvalue weighted by atomic mass is 16.3. The molecule has 1 saturated heterocycles. The second-order valence-corrected chi connectivity index (χ2v) is 26.2. The molecule has 1 aliphatic rings. The Labute approximate surface area is 514 Å². The molecular weight excluding hydrogens is 1100 g/mol. The molecule has 1 aliphatic heterocycles. The number of aliphatic hydroxyl groups is 1. The van der Waals surface area contributed by atoms with E-state index in [0.717, 1.165) is 9.80 Å². The highest BCUT2D eigenvalue weighted by Crippen LogP contribution is 2.26. The van der Waals surface area contributed by atoms with Crippen LogP contribution >= 0.6 is 0 Å². The highest BCUT2D eigenvalue weighted by molar-refractivity contribution is 5.99. The van der Waals surface area contributed by atoms with Crippen LogP contribution in [0.5, 0.6) is 0 Å². The van der Waals surface area contributed by atoms with Crippen LogP contribution < -0.4 is 21.3 Å². The summed E-state index contributed by atoms with van der Waals surface area (Å²) < 4.78 is 0. The summed E-state index contributed by atoms with van der Waals surface area (Å²) in [7, 11) is 9.88. The zero-order chi connectivity index (χ0) is 66.7. The third-order valence-electron chi connectivity index (χ3n) is 16.1. The summed E-state index contributed by atoms with van der Waals surface area (Å²) in [5, 5.41) is 23.1. The minimum absolute atomic E-state index is 0.0125. The topological polar surface area (TPSA) is 279 Å². The number of rotatable bonds is 16. The van der Waals surface area contributed by atoms with Gasteiger partial charge in [-0.25, -0.2) is 0 Å². The molecule has 0 saturated carbocycles. The normalized spacial score (nSPS) is 26.7. The Kier molecular flexibility index (Phi) is 32.0. The van der Waals surface area contributed by atoms with Crippen molar-refractivity contribution in [1.82, 2.24) is 55.6 Å². The molecule has 11 amide bonds. The first kappa shape index (κ1) is 77.6. The van der Waals surface area contributed by atoms with Gasteiger partial charge in [-0.15, -0.1) is 0 Å². The van der Waals surface area contributed by atoms with Gasteiger partial charge in [0.15, 0.2) is 0 Å². The van der Waals surface area contributed by atoms with Crippen molar-refractivity contribution in [3.63, 3.8) is 0 Å². The number of carbonyl (C=O) groups excluding carboxylic acids is 11. The number of amides is 11. The van der Waals surface area contributed by atoms with Crippen molar-refractivity contribution in [3.8, 4) is 0 Å². The Morgan fingerprint density at radius 1 is 0.477 bits per heavy atom. The predicted octanol–water partition coefficient (Wildman–Crippen LogP) is 3.44. The lowest BCUT2D eigenvalue weighted by molar-refractivity contribution is -0.157. The number of nitrogens with one attached hydrogen (secondary N) is 4. The van der Waals surface area contributed by atoms with Gasteiger partial charge in [0.25, 0.3) is 0 Å². The van der Waals surface area contributed by atoms with Gasteiger partial charge in [-0.2, -0.15) is 0 Å². The molecule has 0 aromatic carbocycles. The molecule has 12 atom stereocenters. The van der Waals surface area contributed by atoms with E-state index in [-0.39, 0.29) is 62.2 Å². The molecule has 1 rings (SSSR count). The van der Waals surface area contributed by atoms with Crippen molar-refractivity contribution in [2.24, 2.45) is 41.4 Å². The van der Waals surface area contributed by atoms with Crippen LogP contribution in [-0.2, 0) is 52.7 Å². The van der Waals surface area contributed by atoms with Crippen LogP contribution in [0.3, 0.4) is 0 Å². The van der Waals surface area contributed by atoms with Gasteiger partial charge in [0.1, 0.15) is 60.4 Å². The number of allylic oxidation sites excluding steroid dienone is 3. The van der Waals surface area contributed by atoms with E-state index in [0.29, 0.717) is 0 Å². The van der Waals surface area contributed by atoms with Crippen LogP contribution in [0.15, 0.2) is 24.8 Å². The first-order valence-corrected chi connectivity index (χ1v) is 30.7. The second kappa shape index (κ2) is 35.4. The van der Waals surface area contributed by atoms with Gasteiger partial charge in [-0.3, -0.25) is 52.7 Å². The Bertz CT molecular complexity index is 2380. The van der Waals surface area contributed by atoms with Crippen LogP contribution in [0.25, 0.3) is 0 Å². The van der Waals surface area contributed by atoms with Crippen molar-refractivity contribution >= 4 is 65.0 Å². The molecule has 23 nitrogen and oxygen atoms in total. The number of carbonyl (C=O) groups is 11. The summed E-state index contributed by atoms with van der Waals surface area (Å²) in [6.45, 7) is 31.2. The van der Waals surface area contributed by atoms with Gasteiger partial charge in [0, 0.05) is 49.3 Å². The first-order valence-electron chi connectivity index (χ1n) is 30.7. The molecule has 1 heterocycles. The third-order valence-corrected chi connectivity index (χ3v) is 16.1. The maximum Gasteiger partial charge on any atom is 0.246 e. The summed E-state index contributed by atoms with van der Waals surface area (Å²) in [6, 6.07) is -12.4. The average molecular weight is 1210 g/mol. The summed E-state index contributed by atoms with van der Waals surface area (Å²) in [5.74, 6) is -9.86. The summed E-state index contributed by atoms with van der Waals surface area (Å²) >= 11 is 0. The second-order valence-electron chi connectivity index (χ2n) is 26.2. The summed E-state index contributed by atoms with van der Waals surface area (Å²) in [4.78, 5) is 169. The van der Waals surface area contributed by atoms with Gasteiger partial charge >= 0.3 is 0 Å². The SMILES string of the molecule is C=CC=CC[C@@H](C)[C@@H](O)C1C(=O)N[C@@H](CC)C(=O)N(C)CC(=O)N(C)[C@@H](CC(C)C)C(=O)N[C@@H](C(C)C)C(=O)N(C)[C@@H](CC(C)C)C(=O)N[C@@H](C)C(=O)N[C@H](C)C(=O)N(C)[C@@H](CC(C)C)C(=O)N(C)[C@@H](CC(C)C)C(=O)N(C)[C@@H](C(C)C)C(=O)N1C. The molecule has 0 spiro atoms. The molecule has 0 radical (unpaired) electrons. The number of hydrogen-bond acceptors (Lipinski definition) is 12. The zero-order valence-corrected chi connectivity index (χ0v) is 56.3. The minimum atomic E-state index is -1.64. The van der Waals surface area contributed by atoms with Crippen molar-refractivity contribution in [2.45, 2.75) is 216 Å². The molecule has 0 bridgehead atoms. The van der Waals surface area contributed by atoms with Gasteiger partial charge in [-0.1, -0.05) is 122 Å². The van der Waals surface area contributed by atoms with E-state index >= 15 is 9.59 Å². The monoisotopic (exact) mass is 1210 g/mol. The molecule has 5 N–H and O–H groups in total. The molecule has 1 fully saturated rings. The lowest BCUT2D eigenvalue weighted by atomic mass is 9.91. The fourth-order valence-corrected chi connectivity index (χ4v) is 10.7. The number of hydrogen-bond donors (Lipinski definition) is 5. The standard InChI is InChI=1S/C63H111N11O12/c1-25-27-28-29-41(15)53(76)52-57(80)66-44(26-2)59(82)68(18)34-49(75)69(19)45(30-35(3)4)56(79)67-50(39(11)12)62(85)70(20)46(31-36(5)6)55(78)64-42(16)54(77)65-43(17)58(81)71(21)47(32-37(7)8)60(83)72(22)48(33-38(9)10)61(84)73(23)51(40(13)14)63(86)74(52)24/h25,27-28,35-48,50-53,76H,1,26,29-34H2,2-24H3,(H,64,78)(H,65,77)(H,66,80)(H,67,79)/t41-,42+,43-,44+,45+,46+,47+,48+,50+,51+,52?,53-/m1/s1. The van der Waals surface area contributed by atoms with E-state index in [1.165, 1.54) is 87.7 Å². The molecule has 0 aromatic heterocycles. The van der Waals surface area contributed by atoms with Gasteiger partial charge in [-0.05, 0) is 93.8 Å². The van der Waals surface area contributed by atoms with Crippen LogP contribution in [0.2, 0.25) is 0 Å². The van der Waals surface area contributed by atoms with Crippen LogP contribution in [0.4, 0.5) is 0 Å². The lowest BCUT2D eigenvalue weighted by Crippen LogP contribution is -2.63. The average Bonchev–Trinajstić information content (AvgIpc) is 3.63. The summed E-state index contributed by atoms with van der Waals surface area (Å²) in [6.07, 6.45) is 4.30. The fraction of sp³-hybridized carbons (Fsp3) is 0.762. The molecule has 23 heteroatoms. The Hall–Kier alpha value is -6.39. The molecule has 0 aliphatic carbocycles. The lowest BCUT2D eigenvalue weighted by Gasteiger charge is -2.41. The van der Waals surface area contributed by atoms with Crippen molar-refractivity contribution in [3.05, 3.63) is 24.8 Å². The van der Waals surface area contributed by atoms with Crippen LogP contribution in [-0.4, -0.2) is 227 Å². The maximum absolute atomic E-state index is 15.2. The van der Waals surface area contributed by atoms with Crippen molar-refractivity contribution in [2.75, 3.05) is 55.9 Å². The van der Waals surface area contributed by atoms with Crippen LogP contribution in [0, 0.1) is 41.4 Å². The minimum Gasteiger partial charge on any atom is -0.390 e. The maximum atomic E-state index is 15.2. The zero-order valence-electron chi connectivity index (χ0n) is 56.3. The Balaban J connectivity index is 4.34. The Morgan fingerprint density at radius 3 is 1.35 bits per heavy atom. The van der Waals surface area contributed by atoms with Crippen LogP contribution in [0.1, 0.15) is 149 Å². The smallest absolute Gasteiger partial charge is 0.246 e. The largest absolute Gasteiger partial charge is 0.390 e. The van der Waals surface area contributed by atoms with Gasteiger partial charge < -0.3 is 60.7 Å². The quantitative estimate of drug-likeness (QED) is 0.139. The number of aliphatic hydroxyl groups excluding tert-OH is 1. The summed E-state index contributed by atoms with van der Waals surface area (Å²) in [5.41, 5.74) is 0. The van der Waals surface area contributed by atoms with Gasteiger partial charge in [0.2, 0.25) is 65.0 Å². The molecule has 1 unspecified atom stereocenters. The molecule has 490 valence electrons. The van der Waals surface area contributed by atoms with E-state index in [9.17, 15) is 48.3 Å². The highest BCUT2D eigenvalue weighted by Gasteiger charge is 2.45. The third kappa shape index (κ3) is 21.8. The molecule has 0 aromatic rings.